The first kappa shape index (κ1) is 20.8. The third-order valence-electron chi connectivity index (χ3n) is 4.10. The Kier molecular flexibility index (Phi) is 6.54. The average molecular weight is 396 g/mol. The number of nitrogens with one attached hydrogen (secondary N) is 1. The highest BCUT2D eigenvalue weighted by molar-refractivity contribution is 7.92. The molecule has 0 aliphatic heterocycles. The summed E-state index contributed by atoms with van der Waals surface area (Å²) in [5.74, 6) is -2.83. The SMILES string of the molecule is CC[C@H](NC(=O)CN(c1ccc(F)c(F)c1)S(C)(=O)=O)c1ccc(C)cc1. The van der Waals surface area contributed by atoms with Crippen molar-refractivity contribution in [3.8, 4) is 0 Å². The third kappa shape index (κ3) is 5.50. The van der Waals surface area contributed by atoms with Crippen LogP contribution in [0, 0.1) is 18.6 Å². The lowest BCUT2D eigenvalue weighted by atomic mass is 10.0. The van der Waals surface area contributed by atoms with E-state index in [0.717, 1.165) is 39.9 Å². The van der Waals surface area contributed by atoms with Gasteiger partial charge in [0, 0.05) is 6.07 Å². The zero-order valence-electron chi connectivity index (χ0n) is 15.4. The first-order valence-corrected chi connectivity index (χ1v) is 10.3. The van der Waals surface area contributed by atoms with Gasteiger partial charge in [-0.2, -0.15) is 0 Å². The number of hydrogen-bond acceptors (Lipinski definition) is 3. The number of amides is 1. The molecule has 8 heteroatoms. The van der Waals surface area contributed by atoms with Crippen LogP contribution in [0.4, 0.5) is 14.5 Å². The molecule has 1 atom stereocenters. The van der Waals surface area contributed by atoms with Gasteiger partial charge in [0.2, 0.25) is 15.9 Å². The van der Waals surface area contributed by atoms with Crippen LogP contribution in [0.1, 0.15) is 30.5 Å². The molecular weight excluding hydrogens is 374 g/mol. The Labute approximate surface area is 158 Å². The van der Waals surface area contributed by atoms with E-state index in [4.69, 9.17) is 0 Å². The summed E-state index contributed by atoms with van der Waals surface area (Å²) in [5.41, 5.74) is 1.87. The van der Waals surface area contributed by atoms with Gasteiger partial charge in [0.25, 0.3) is 0 Å². The fourth-order valence-corrected chi connectivity index (χ4v) is 3.48. The lowest BCUT2D eigenvalue weighted by Crippen LogP contribution is -2.41. The third-order valence-corrected chi connectivity index (χ3v) is 5.24. The number of rotatable bonds is 7. The molecule has 0 aromatic heterocycles. The van der Waals surface area contributed by atoms with Gasteiger partial charge in [-0.15, -0.1) is 0 Å². The van der Waals surface area contributed by atoms with Gasteiger partial charge in [-0.25, -0.2) is 17.2 Å². The van der Waals surface area contributed by atoms with Gasteiger partial charge in [-0.3, -0.25) is 9.10 Å². The summed E-state index contributed by atoms with van der Waals surface area (Å²) in [6.45, 7) is 3.32. The summed E-state index contributed by atoms with van der Waals surface area (Å²) >= 11 is 0. The van der Waals surface area contributed by atoms with Crippen LogP contribution in [-0.4, -0.2) is 27.1 Å². The summed E-state index contributed by atoms with van der Waals surface area (Å²) in [6.07, 6.45) is 1.51. The predicted octanol–water partition coefficient (Wildman–Crippen LogP) is 3.31. The molecule has 1 N–H and O–H groups in total. The highest BCUT2D eigenvalue weighted by atomic mass is 32.2. The normalized spacial score (nSPS) is 12.5. The van der Waals surface area contributed by atoms with Crippen molar-refractivity contribution in [2.45, 2.75) is 26.3 Å². The number of sulfonamides is 1. The number of benzene rings is 2. The Hall–Kier alpha value is -2.48. The van der Waals surface area contributed by atoms with E-state index in [9.17, 15) is 22.0 Å². The van der Waals surface area contributed by atoms with Crippen LogP contribution in [0.2, 0.25) is 0 Å². The van der Waals surface area contributed by atoms with Crippen LogP contribution in [0.25, 0.3) is 0 Å². The van der Waals surface area contributed by atoms with E-state index in [2.05, 4.69) is 5.32 Å². The first-order valence-electron chi connectivity index (χ1n) is 8.40. The molecule has 0 unspecified atom stereocenters. The smallest absolute Gasteiger partial charge is 0.241 e. The fraction of sp³-hybridized carbons (Fsp3) is 0.316. The molecule has 27 heavy (non-hydrogen) atoms. The topological polar surface area (TPSA) is 66.5 Å². The molecule has 0 saturated heterocycles. The van der Waals surface area contributed by atoms with E-state index >= 15 is 0 Å². The van der Waals surface area contributed by atoms with Gasteiger partial charge < -0.3 is 5.32 Å². The lowest BCUT2D eigenvalue weighted by molar-refractivity contribution is -0.120. The van der Waals surface area contributed by atoms with Crippen LogP contribution in [0.5, 0.6) is 0 Å². The fourth-order valence-electron chi connectivity index (χ4n) is 2.63. The van der Waals surface area contributed by atoms with Crippen LogP contribution < -0.4 is 9.62 Å². The van der Waals surface area contributed by atoms with Crippen molar-refractivity contribution < 1.29 is 22.0 Å². The van der Waals surface area contributed by atoms with E-state index in [0.29, 0.717) is 6.42 Å². The molecule has 2 aromatic carbocycles. The van der Waals surface area contributed by atoms with Gasteiger partial charge in [0.15, 0.2) is 11.6 Å². The molecule has 0 fully saturated rings. The Morgan fingerprint density at radius 3 is 2.26 bits per heavy atom. The van der Waals surface area contributed by atoms with E-state index in [1.54, 1.807) is 0 Å². The van der Waals surface area contributed by atoms with E-state index in [-0.39, 0.29) is 11.7 Å². The van der Waals surface area contributed by atoms with Crippen LogP contribution in [0.15, 0.2) is 42.5 Å². The Bertz CT molecular complexity index is 915. The van der Waals surface area contributed by atoms with Crippen LogP contribution in [0.3, 0.4) is 0 Å². The molecule has 0 aliphatic carbocycles. The summed E-state index contributed by atoms with van der Waals surface area (Å²) in [7, 11) is -3.87. The first-order chi connectivity index (χ1) is 12.6. The molecule has 2 aromatic rings. The molecule has 0 saturated carbocycles. The summed E-state index contributed by atoms with van der Waals surface area (Å²) in [6, 6.07) is 10.0. The molecule has 0 spiro atoms. The maximum Gasteiger partial charge on any atom is 0.241 e. The van der Waals surface area contributed by atoms with E-state index < -0.39 is 34.1 Å². The minimum atomic E-state index is -3.87. The number of halogens is 2. The Morgan fingerprint density at radius 2 is 1.74 bits per heavy atom. The van der Waals surface area contributed by atoms with E-state index in [1.165, 1.54) is 0 Å². The van der Waals surface area contributed by atoms with Crippen molar-refractivity contribution in [1.82, 2.24) is 5.32 Å². The molecule has 0 radical (unpaired) electrons. The van der Waals surface area contributed by atoms with Gasteiger partial charge in [-0.05, 0) is 31.0 Å². The highest BCUT2D eigenvalue weighted by Crippen LogP contribution is 2.21. The zero-order chi connectivity index (χ0) is 20.2. The highest BCUT2D eigenvalue weighted by Gasteiger charge is 2.23. The van der Waals surface area contributed by atoms with Crippen molar-refractivity contribution in [1.29, 1.82) is 0 Å². The van der Waals surface area contributed by atoms with Gasteiger partial charge in [0.05, 0.1) is 18.0 Å². The van der Waals surface area contributed by atoms with Crippen molar-refractivity contribution in [2.75, 3.05) is 17.1 Å². The summed E-state index contributed by atoms with van der Waals surface area (Å²) in [4.78, 5) is 12.4. The molecule has 0 aliphatic rings. The van der Waals surface area contributed by atoms with E-state index in [1.807, 2.05) is 38.1 Å². The van der Waals surface area contributed by atoms with Gasteiger partial charge >= 0.3 is 0 Å². The largest absolute Gasteiger partial charge is 0.348 e. The molecule has 1 amide bonds. The Balaban J connectivity index is 2.20. The number of anilines is 1. The predicted molar refractivity (Wildman–Crippen MR) is 101 cm³/mol. The second-order valence-electron chi connectivity index (χ2n) is 6.31. The number of carbonyl (C=O) groups is 1. The Morgan fingerprint density at radius 1 is 1.11 bits per heavy atom. The average Bonchev–Trinajstić information content (AvgIpc) is 2.60. The minimum Gasteiger partial charge on any atom is -0.348 e. The summed E-state index contributed by atoms with van der Waals surface area (Å²) < 4.78 is 51.5. The van der Waals surface area contributed by atoms with Gasteiger partial charge in [0.1, 0.15) is 6.54 Å². The van der Waals surface area contributed by atoms with Crippen LogP contribution in [-0.2, 0) is 14.8 Å². The molecule has 5 nitrogen and oxygen atoms in total. The monoisotopic (exact) mass is 396 g/mol. The van der Waals surface area contributed by atoms with Crippen molar-refractivity contribution in [2.24, 2.45) is 0 Å². The van der Waals surface area contributed by atoms with Crippen molar-refractivity contribution in [3.63, 3.8) is 0 Å². The minimum absolute atomic E-state index is 0.116. The summed E-state index contributed by atoms with van der Waals surface area (Å²) in [5, 5.41) is 2.79. The molecule has 0 bridgehead atoms. The van der Waals surface area contributed by atoms with Gasteiger partial charge in [-0.1, -0.05) is 36.8 Å². The molecule has 146 valence electrons. The molecule has 2 rings (SSSR count). The molecular formula is C19H22F2N2O3S. The number of carbonyl (C=O) groups excluding carboxylic acids is 1. The number of nitrogens with zero attached hydrogens (tertiary/aromatic N) is 1. The van der Waals surface area contributed by atoms with Crippen molar-refractivity contribution >= 4 is 21.6 Å². The second-order valence-corrected chi connectivity index (χ2v) is 8.21. The second kappa shape index (κ2) is 8.47. The maximum atomic E-state index is 13.5. The lowest BCUT2D eigenvalue weighted by Gasteiger charge is -2.24. The quantitative estimate of drug-likeness (QED) is 0.781. The standard InChI is InChI=1S/C19H22F2N2O3S/c1-4-18(14-7-5-13(2)6-8-14)22-19(24)12-23(27(3,25)26)15-9-10-16(20)17(21)11-15/h5-11,18H,4,12H2,1-3H3,(H,22,24)/t18-/m0/s1. The van der Waals surface area contributed by atoms with Crippen LogP contribution >= 0.6 is 0 Å². The van der Waals surface area contributed by atoms with Crippen molar-refractivity contribution in [3.05, 3.63) is 65.2 Å². The maximum absolute atomic E-state index is 13.5. The molecule has 0 heterocycles. The number of hydrogen-bond donors (Lipinski definition) is 1. The number of aryl methyl sites for hydroxylation is 1. The zero-order valence-corrected chi connectivity index (χ0v) is 16.2.